The Labute approximate surface area is 115 Å². The predicted molar refractivity (Wildman–Crippen MR) is 76.8 cm³/mol. The number of thioether (sulfide) groups is 1. The monoisotopic (exact) mass is 281 g/mol. The maximum Gasteiger partial charge on any atom is 0.123 e. The van der Waals surface area contributed by atoms with Crippen LogP contribution in [0.5, 0.6) is 0 Å². The molecule has 2 aromatic rings. The Morgan fingerprint density at radius 3 is 2.44 bits per heavy atom. The van der Waals surface area contributed by atoms with Crippen molar-refractivity contribution in [3.63, 3.8) is 0 Å². The average Bonchev–Trinajstić information content (AvgIpc) is 2.77. The second-order valence-electron chi connectivity index (χ2n) is 5.12. The fourth-order valence-electron chi connectivity index (χ4n) is 1.40. The van der Waals surface area contributed by atoms with Crippen LogP contribution in [0.1, 0.15) is 31.5 Å². The van der Waals surface area contributed by atoms with Crippen LogP contribution in [0.4, 0.5) is 4.39 Å². The molecule has 18 heavy (non-hydrogen) atoms. The quantitative estimate of drug-likeness (QED) is 0.744. The molecule has 0 saturated carbocycles. The Kier molecular flexibility index (Phi) is 4.07. The summed E-state index contributed by atoms with van der Waals surface area (Å²) in [6, 6.07) is 6.59. The summed E-state index contributed by atoms with van der Waals surface area (Å²) < 4.78 is 12.8. The van der Waals surface area contributed by atoms with Crippen LogP contribution in [0.2, 0.25) is 0 Å². The lowest BCUT2D eigenvalue weighted by molar-refractivity contribution is 0.572. The van der Waals surface area contributed by atoms with E-state index in [1.807, 2.05) is 0 Å². The van der Waals surface area contributed by atoms with E-state index in [0.717, 1.165) is 21.3 Å². The second kappa shape index (κ2) is 5.41. The molecular weight excluding hydrogens is 265 g/mol. The molecule has 1 nitrogen and oxygen atoms in total. The normalized spacial score (nSPS) is 11.8. The maximum absolute atomic E-state index is 12.8. The van der Waals surface area contributed by atoms with Gasteiger partial charge in [0.15, 0.2) is 0 Å². The van der Waals surface area contributed by atoms with Crippen molar-refractivity contribution in [2.75, 3.05) is 0 Å². The molecule has 0 radical (unpaired) electrons. The van der Waals surface area contributed by atoms with Gasteiger partial charge in [-0.15, -0.1) is 23.1 Å². The van der Waals surface area contributed by atoms with Gasteiger partial charge in [-0.05, 0) is 24.3 Å². The minimum absolute atomic E-state index is 0.106. The SMILES string of the molecule is CC(C)(C)c1csc(CSc2ccc(F)cc2)n1. The minimum Gasteiger partial charge on any atom is -0.245 e. The number of aromatic nitrogens is 1. The lowest BCUT2D eigenvalue weighted by Gasteiger charge is -2.14. The third-order valence-corrected chi connectivity index (χ3v) is 4.55. The highest BCUT2D eigenvalue weighted by Crippen LogP contribution is 2.28. The first-order chi connectivity index (χ1) is 8.45. The van der Waals surface area contributed by atoms with Crippen LogP contribution >= 0.6 is 23.1 Å². The Hall–Kier alpha value is -0.870. The van der Waals surface area contributed by atoms with E-state index in [9.17, 15) is 4.39 Å². The van der Waals surface area contributed by atoms with Crippen molar-refractivity contribution in [3.8, 4) is 0 Å². The summed E-state index contributed by atoms with van der Waals surface area (Å²) in [5.41, 5.74) is 1.25. The number of benzene rings is 1. The van der Waals surface area contributed by atoms with Gasteiger partial charge in [0.05, 0.1) is 11.4 Å². The van der Waals surface area contributed by atoms with Crippen molar-refractivity contribution < 1.29 is 4.39 Å². The summed E-state index contributed by atoms with van der Waals surface area (Å²) in [4.78, 5) is 5.71. The fraction of sp³-hybridized carbons (Fsp3) is 0.357. The Balaban J connectivity index is 1.98. The van der Waals surface area contributed by atoms with E-state index in [0.29, 0.717) is 0 Å². The van der Waals surface area contributed by atoms with Gasteiger partial charge >= 0.3 is 0 Å². The smallest absolute Gasteiger partial charge is 0.123 e. The molecule has 0 aliphatic heterocycles. The van der Waals surface area contributed by atoms with E-state index in [4.69, 9.17) is 0 Å². The first-order valence-corrected chi connectivity index (χ1v) is 7.65. The molecule has 0 aliphatic carbocycles. The summed E-state index contributed by atoms with van der Waals surface area (Å²) in [5.74, 6) is 0.649. The second-order valence-corrected chi connectivity index (χ2v) is 7.11. The summed E-state index contributed by atoms with van der Waals surface area (Å²) >= 11 is 3.38. The summed E-state index contributed by atoms with van der Waals surface area (Å²) in [7, 11) is 0. The van der Waals surface area contributed by atoms with Gasteiger partial charge in [-0.3, -0.25) is 0 Å². The van der Waals surface area contributed by atoms with Crippen molar-refractivity contribution in [2.45, 2.75) is 36.8 Å². The number of rotatable bonds is 3. The molecule has 0 spiro atoms. The standard InChI is InChI=1S/C14H16FNS2/c1-14(2,3)12-8-18-13(16-12)9-17-11-6-4-10(15)5-7-11/h4-8H,9H2,1-3H3. The number of thiazole rings is 1. The van der Waals surface area contributed by atoms with E-state index in [2.05, 4.69) is 31.1 Å². The molecule has 0 N–H and O–H groups in total. The van der Waals surface area contributed by atoms with Crippen molar-refractivity contribution in [3.05, 3.63) is 46.2 Å². The topological polar surface area (TPSA) is 12.9 Å². The predicted octanol–water partition coefficient (Wildman–Crippen LogP) is 4.87. The lowest BCUT2D eigenvalue weighted by atomic mass is 9.93. The van der Waals surface area contributed by atoms with Crippen LogP contribution in [-0.2, 0) is 11.2 Å². The molecule has 0 aliphatic rings. The van der Waals surface area contributed by atoms with E-state index in [1.54, 1.807) is 35.2 Å². The van der Waals surface area contributed by atoms with Crippen LogP contribution in [0.3, 0.4) is 0 Å². The Morgan fingerprint density at radius 1 is 1.22 bits per heavy atom. The van der Waals surface area contributed by atoms with Gasteiger partial charge in [0.1, 0.15) is 10.8 Å². The van der Waals surface area contributed by atoms with E-state index in [-0.39, 0.29) is 11.2 Å². The highest BCUT2D eigenvalue weighted by molar-refractivity contribution is 7.98. The summed E-state index contributed by atoms with van der Waals surface area (Å²) in [5, 5.41) is 3.25. The van der Waals surface area contributed by atoms with Crippen LogP contribution in [0.25, 0.3) is 0 Å². The Bertz CT molecular complexity index is 511. The Morgan fingerprint density at radius 2 is 1.89 bits per heavy atom. The van der Waals surface area contributed by atoms with E-state index >= 15 is 0 Å². The number of halogens is 1. The molecule has 96 valence electrons. The highest BCUT2D eigenvalue weighted by atomic mass is 32.2. The third kappa shape index (κ3) is 3.56. The molecule has 4 heteroatoms. The van der Waals surface area contributed by atoms with E-state index < -0.39 is 0 Å². The molecule has 0 bridgehead atoms. The van der Waals surface area contributed by atoms with Crippen LogP contribution in [0, 0.1) is 5.82 Å². The van der Waals surface area contributed by atoms with Gasteiger partial charge in [-0.25, -0.2) is 9.37 Å². The zero-order chi connectivity index (χ0) is 13.2. The van der Waals surface area contributed by atoms with E-state index in [1.165, 1.54) is 12.1 Å². The largest absolute Gasteiger partial charge is 0.245 e. The van der Waals surface area contributed by atoms with Crippen LogP contribution in [-0.4, -0.2) is 4.98 Å². The van der Waals surface area contributed by atoms with Gasteiger partial charge < -0.3 is 0 Å². The highest BCUT2D eigenvalue weighted by Gasteiger charge is 2.17. The molecular formula is C14H16FNS2. The third-order valence-electron chi connectivity index (χ3n) is 2.50. The zero-order valence-corrected chi connectivity index (χ0v) is 12.4. The summed E-state index contributed by atoms with van der Waals surface area (Å²) in [6.45, 7) is 6.50. The van der Waals surface area contributed by atoms with Crippen molar-refractivity contribution in [1.82, 2.24) is 4.98 Å². The molecule has 0 saturated heterocycles. The number of nitrogens with zero attached hydrogens (tertiary/aromatic N) is 1. The minimum atomic E-state index is -0.191. The van der Waals surface area contributed by atoms with Crippen molar-refractivity contribution in [1.29, 1.82) is 0 Å². The molecule has 2 rings (SSSR count). The molecule has 0 atom stereocenters. The molecule has 1 heterocycles. The first-order valence-electron chi connectivity index (χ1n) is 5.78. The van der Waals surface area contributed by atoms with Gasteiger partial charge in [0, 0.05) is 15.7 Å². The van der Waals surface area contributed by atoms with Crippen LogP contribution < -0.4 is 0 Å². The van der Waals surface area contributed by atoms with Crippen LogP contribution in [0.15, 0.2) is 34.5 Å². The fourth-order valence-corrected chi connectivity index (χ4v) is 3.33. The van der Waals surface area contributed by atoms with Gasteiger partial charge in [0.2, 0.25) is 0 Å². The lowest BCUT2D eigenvalue weighted by Crippen LogP contribution is -2.11. The molecule has 0 amide bonds. The van der Waals surface area contributed by atoms with Gasteiger partial charge in [0.25, 0.3) is 0 Å². The summed E-state index contributed by atoms with van der Waals surface area (Å²) in [6.07, 6.45) is 0. The average molecular weight is 281 g/mol. The van der Waals surface area contributed by atoms with Gasteiger partial charge in [-0.1, -0.05) is 20.8 Å². The zero-order valence-electron chi connectivity index (χ0n) is 10.7. The maximum atomic E-state index is 12.8. The first kappa shape index (κ1) is 13.6. The number of hydrogen-bond donors (Lipinski definition) is 0. The number of hydrogen-bond acceptors (Lipinski definition) is 3. The molecule has 1 aromatic carbocycles. The molecule has 0 unspecified atom stereocenters. The molecule has 0 fully saturated rings. The van der Waals surface area contributed by atoms with Gasteiger partial charge in [-0.2, -0.15) is 0 Å². The van der Waals surface area contributed by atoms with Crippen molar-refractivity contribution >= 4 is 23.1 Å². The van der Waals surface area contributed by atoms with Crippen molar-refractivity contribution in [2.24, 2.45) is 0 Å². The molecule has 1 aromatic heterocycles.